The Balaban J connectivity index is 1.30. The number of para-hydroxylation sites is 1. The van der Waals surface area contributed by atoms with Crippen LogP contribution in [0.4, 0.5) is 0 Å². The first-order valence-electron chi connectivity index (χ1n) is 9.59. The maximum atomic E-state index is 12.6. The average Bonchev–Trinajstić information content (AvgIpc) is 3.40. The Hall–Kier alpha value is -3.09. The molecule has 0 radical (unpaired) electrons. The number of carbonyl (C=O) groups excluding carboxylic acids is 2. The zero-order valence-corrected chi connectivity index (χ0v) is 16.1. The molecule has 0 aliphatic carbocycles. The second-order valence-electron chi connectivity index (χ2n) is 7.28. The fourth-order valence-electron chi connectivity index (χ4n) is 3.84. The predicted molar refractivity (Wildman–Crippen MR) is 105 cm³/mol. The summed E-state index contributed by atoms with van der Waals surface area (Å²) in [6.07, 6.45) is 3.42. The largest absolute Gasteiger partial charge is 0.436 e. The minimum Gasteiger partial charge on any atom is -0.436 e. The first kappa shape index (κ1) is 18.3. The van der Waals surface area contributed by atoms with Crippen LogP contribution in [0.15, 0.2) is 34.9 Å². The van der Waals surface area contributed by atoms with Crippen LogP contribution in [0.25, 0.3) is 10.9 Å². The summed E-state index contributed by atoms with van der Waals surface area (Å²) >= 11 is 0. The van der Waals surface area contributed by atoms with Crippen LogP contribution in [-0.2, 0) is 11.2 Å². The molecule has 7 nitrogen and oxygen atoms in total. The van der Waals surface area contributed by atoms with Crippen molar-refractivity contribution in [3.8, 4) is 0 Å². The fraction of sp³-hybridized carbons (Fsp3) is 0.381. The number of carbonyl (C=O) groups is 2. The number of H-pyrrole nitrogens is 1. The predicted octanol–water partition coefficient (Wildman–Crippen LogP) is 2.59. The van der Waals surface area contributed by atoms with Crippen LogP contribution in [-0.4, -0.2) is 46.3 Å². The molecule has 2 amide bonds. The van der Waals surface area contributed by atoms with E-state index in [4.69, 9.17) is 4.42 Å². The van der Waals surface area contributed by atoms with Crippen molar-refractivity contribution < 1.29 is 14.0 Å². The summed E-state index contributed by atoms with van der Waals surface area (Å²) in [5.74, 6) is 0.383. The first-order chi connectivity index (χ1) is 13.5. The van der Waals surface area contributed by atoms with Crippen molar-refractivity contribution in [2.75, 3.05) is 19.6 Å². The number of oxazole rings is 1. The summed E-state index contributed by atoms with van der Waals surface area (Å²) in [6, 6.07) is 8.13. The Morgan fingerprint density at radius 2 is 2.14 bits per heavy atom. The first-order valence-corrected chi connectivity index (χ1v) is 9.59. The Labute approximate surface area is 163 Å². The van der Waals surface area contributed by atoms with Gasteiger partial charge in [0.2, 0.25) is 11.7 Å². The number of aromatic nitrogens is 2. The lowest BCUT2D eigenvalue weighted by Crippen LogP contribution is -2.35. The molecule has 2 N–H and O–H groups in total. The lowest BCUT2D eigenvalue weighted by Gasteiger charge is -2.15. The monoisotopic (exact) mass is 380 g/mol. The molecule has 3 aromatic rings. The zero-order valence-electron chi connectivity index (χ0n) is 16.1. The van der Waals surface area contributed by atoms with Gasteiger partial charge in [-0.2, -0.15) is 0 Å². The van der Waals surface area contributed by atoms with Crippen molar-refractivity contribution in [2.45, 2.75) is 26.7 Å². The summed E-state index contributed by atoms with van der Waals surface area (Å²) in [5, 5.41) is 4.20. The highest BCUT2D eigenvalue weighted by Gasteiger charge is 2.33. The molecule has 3 heterocycles. The molecule has 1 aliphatic heterocycles. The van der Waals surface area contributed by atoms with E-state index in [1.807, 2.05) is 24.4 Å². The number of fused-ring (bicyclic) bond motifs is 1. The normalized spacial score (nSPS) is 16.6. The van der Waals surface area contributed by atoms with Gasteiger partial charge in [-0.3, -0.25) is 9.59 Å². The molecule has 7 heteroatoms. The van der Waals surface area contributed by atoms with Gasteiger partial charge in [-0.05, 0) is 31.4 Å². The van der Waals surface area contributed by atoms with E-state index in [1.165, 1.54) is 10.9 Å². The molecule has 2 aromatic heterocycles. The Bertz CT molecular complexity index is 1020. The number of hydrogen-bond acceptors (Lipinski definition) is 4. The number of nitrogens with one attached hydrogen (secondary N) is 2. The van der Waals surface area contributed by atoms with Gasteiger partial charge in [0, 0.05) is 43.7 Å². The van der Waals surface area contributed by atoms with Crippen LogP contribution in [0.2, 0.25) is 0 Å². The number of benzene rings is 1. The van der Waals surface area contributed by atoms with Gasteiger partial charge in [-0.1, -0.05) is 18.2 Å². The van der Waals surface area contributed by atoms with Crippen molar-refractivity contribution in [1.29, 1.82) is 0 Å². The SMILES string of the molecule is Cc1nc(C)c(C(=O)N2CCC(C(=O)NCCc3c[nH]c4ccccc34)C2)o1. The molecule has 1 saturated heterocycles. The fourth-order valence-corrected chi connectivity index (χ4v) is 3.84. The molecule has 0 bridgehead atoms. The molecule has 1 fully saturated rings. The number of hydrogen-bond donors (Lipinski definition) is 2. The van der Waals surface area contributed by atoms with Gasteiger partial charge >= 0.3 is 0 Å². The lowest BCUT2D eigenvalue weighted by atomic mass is 10.1. The molecule has 1 atom stereocenters. The van der Waals surface area contributed by atoms with Gasteiger partial charge < -0.3 is 19.6 Å². The van der Waals surface area contributed by atoms with Crippen LogP contribution in [0.5, 0.6) is 0 Å². The highest BCUT2D eigenvalue weighted by Crippen LogP contribution is 2.21. The summed E-state index contributed by atoms with van der Waals surface area (Å²) in [6.45, 7) is 5.02. The average molecular weight is 380 g/mol. The third kappa shape index (κ3) is 3.52. The van der Waals surface area contributed by atoms with Gasteiger partial charge in [-0.15, -0.1) is 0 Å². The van der Waals surface area contributed by atoms with E-state index in [9.17, 15) is 9.59 Å². The summed E-state index contributed by atoms with van der Waals surface area (Å²) < 4.78 is 5.42. The molecular formula is C21H24N4O3. The summed E-state index contributed by atoms with van der Waals surface area (Å²) in [4.78, 5) is 34.2. The quantitative estimate of drug-likeness (QED) is 0.712. The molecule has 4 rings (SSSR count). The molecule has 28 heavy (non-hydrogen) atoms. The Kier molecular flexibility index (Phi) is 4.90. The third-order valence-corrected chi connectivity index (χ3v) is 5.31. The zero-order chi connectivity index (χ0) is 19.7. The third-order valence-electron chi connectivity index (χ3n) is 5.31. The van der Waals surface area contributed by atoms with Gasteiger partial charge in [0.15, 0.2) is 5.89 Å². The molecular weight excluding hydrogens is 356 g/mol. The number of rotatable bonds is 5. The molecule has 0 spiro atoms. The van der Waals surface area contributed by atoms with Crippen LogP contribution in [0.1, 0.15) is 34.1 Å². The van der Waals surface area contributed by atoms with Gasteiger partial charge in [0.05, 0.1) is 11.6 Å². The van der Waals surface area contributed by atoms with E-state index in [0.717, 1.165) is 11.9 Å². The van der Waals surface area contributed by atoms with Gasteiger partial charge in [0.1, 0.15) is 0 Å². The van der Waals surface area contributed by atoms with Crippen LogP contribution >= 0.6 is 0 Å². The Morgan fingerprint density at radius 1 is 1.32 bits per heavy atom. The standard InChI is InChI=1S/C21H24N4O3/c1-13-19(28-14(2)24-13)21(27)25-10-8-16(12-25)20(26)22-9-7-15-11-23-18-6-4-3-5-17(15)18/h3-6,11,16,23H,7-10,12H2,1-2H3,(H,22,26). The van der Waals surface area contributed by atoms with E-state index in [0.29, 0.717) is 37.6 Å². The molecule has 1 unspecified atom stereocenters. The van der Waals surface area contributed by atoms with Crippen LogP contribution in [0.3, 0.4) is 0 Å². The maximum absolute atomic E-state index is 12.6. The topological polar surface area (TPSA) is 91.2 Å². The minimum atomic E-state index is -0.188. The number of nitrogens with zero attached hydrogens (tertiary/aromatic N) is 2. The summed E-state index contributed by atoms with van der Waals surface area (Å²) in [5.41, 5.74) is 2.89. The smallest absolute Gasteiger partial charge is 0.291 e. The number of aryl methyl sites for hydroxylation is 2. The van der Waals surface area contributed by atoms with Crippen molar-refractivity contribution in [1.82, 2.24) is 20.2 Å². The molecule has 0 saturated carbocycles. The maximum Gasteiger partial charge on any atom is 0.291 e. The highest BCUT2D eigenvalue weighted by atomic mass is 16.4. The second-order valence-corrected chi connectivity index (χ2v) is 7.28. The van der Waals surface area contributed by atoms with E-state index in [2.05, 4.69) is 21.4 Å². The van der Waals surface area contributed by atoms with Crippen molar-refractivity contribution in [3.05, 3.63) is 53.4 Å². The van der Waals surface area contributed by atoms with Crippen molar-refractivity contribution >= 4 is 22.7 Å². The molecule has 1 aliphatic rings. The Morgan fingerprint density at radius 3 is 2.93 bits per heavy atom. The van der Waals surface area contributed by atoms with Crippen molar-refractivity contribution in [3.63, 3.8) is 0 Å². The van der Waals surface area contributed by atoms with Gasteiger partial charge in [-0.25, -0.2) is 4.98 Å². The van der Waals surface area contributed by atoms with Gasteiger partial charge in [0.25, 0.3) is 5.91 Å². The second kappa shape index (κ2) is 7.50. The van der Waals surface area contributed by atoms with E-state index in [1.54, 1.807) is 18.7 Å². The number of likely N-dealkylation sites (tertiary alicyclic amines) is 1. The van der Waals surface area contributed by atoms with E-state index >= 15 is 0 Å². The van der Waals surface area contributed by atoms with Crippen molar-refractivity contribution in [2.24, 2.45) is 5.92 Å². The lowest BCUT2D eigenvalue weighted by molar-refractivity contribution is -0.124. The number of aromatic amines is 1. The van der Waals surface area contributed by atoms with E-state index < -0.39 is 0 Å². The minimum absolute atomic E-state index is 0.000568. The van der Waals surface area contributed by atoms with Crippen LogP contribution in [0, 0.1) is 19.8 Å². The van der Waals surface area contributed by atoms with E-state index in [-0.39, 0.29) is 23.5 Å². The molecule has 1 aromatic carbocycles. The summed E-state index contributed by atoms with van der Waals surface area (Å²) in [7, 11) is 0. The highest BCUT2D eigenvalue weighted by molar-refractivity contribution is 5.93. The van der Waals surface area contributed by atoms with Crippen LogP contribution < -0.4 is 5.32 Å². The number of amides is 2. The molecule has 146 valence electrons.